The van der Waals surface area contributed by atoms with Crippen molar-refractivity contribution in [1.82, 2.24) is 4.98 Å². The fourth-order valence-electron chi connectivity index (χ4n) is 2.75. The maximum absolute atomic E-state index is 12.7. The van der Waals surface area contributed by atoms with Gasteiger partial charge in [-0.3, -0.25) is 0 Å². The molecule has 0 radical (unpaired) electrons. The zero-order chi connectivity index (χ0) is 20.1. The SMILES string of the molecule is N#Cc1nc(OC[C@@H](O)CO)c2ccc(OC(F)F)cc2c1-c1ccccc1. The average molecular weight is 386 g/mol. The molecule has 6 nitrogen and oxygen atoms in total. The molecule has 3 aromatic rings. The number of nitrogens with zero attached hydrogens (tertiary/aromatic N) is 2. The molecule has 1 heterocycles. The molecule has 0 aliphatic heterocycles. The Bertz CT molecular complexity index is 1010. The molecule has 8 heteroatoms. The van der Waals surface area contributed by atoms with Crippen molar-refractivity contribution < 1.29 is 28.5 Å². The number of halogens is 2. The van der Waals surface area contributed by atoms with Crippen molar-refractivity contribution in [2.24, 2.45) is 0 Å². The molecule has 1 aromatic heterocycles. The van der Waals surface area contributed by atoms with Gasteiger partial charge in [0.25, 0.3) is 0 Å². The number of ether oxygens (including phenoxy) is 2. The molecular weight excluding hydrogens is 370 g/mol. The Morgan fingerprint density at radius 3 is 2.50 bits per heavy atom. The van der Waals surface area contributed by atoms with Gasteiger partial charge in [0.05, 0.1) is 6.61 Å². The van der Waals surface area contributed by atoms with E-state index in [1.165, 1.54) is 18.2 Å². The van der Waals surface area contributed by atoms with Crippen LogP contribution in [0.15, 0.2) is 48.5 Å². The molecular formula is C20H16F2N2O4. The van der Waals surface area contributed by atoms with Gasteiger partial charge in [-0.05, 0) is 23.8 Å². The number of hydrogen-bond acceptors (Lipinski definition) is 6. The number of pyridine rings is 1. The first-order valence-electron chi connectivity index (χ1n) is 8.33. The number of aromatic nitrogens is 1. The Hall–Kier alpha value is -3.28. The van der Waals surface area contributed by atoms with Gasteiger partial charge in [-0.1, -0.05) is 30.3 Å². The zero-order valence-corrected chi connectivity index (χ0v) is 14.5. The fraction of sp³-hybridized carbons (Fsp3) is 0.200. The van der Waals surface area contributed by atoms with E-state index in [0.29, 0.717) is 21.9 Å². The second kappa shape index (κ2) is 8.61. The highest BCUT2D eigenvalue weighted by Gasteiger charge is 2.18. The number of hydrogen-bond donors (Lipinski definition) is 2. The molecule has 0 amide bonds. The summed E-state index contributed by atoms with van der Waals surface area (Å²) in [4.78, 5) is 4.23. The maximum atomic E-state index is 12.7. The summed E-state index contributed by atoms with van der Waals surface area (Å²) in [6, 6.07) is 15.1. The molecule has 0 aliphatic carbocycles. The van der Waals surface area contributed by atoms with E-state index < -0.39 is 19.3 Å². The van der Waals surface area contributed by atoms with E-state index in [4.69, 9.17) is 9.84 Å². The molecule has 2 aromatic carbocycles. The molecule has 2 N–H and O–H groups in total. The first kappa shape index (κ1) is 19.5. The number of aliphatic hydroxyl groups excluding tert-OH is 2. The van der Waals surface area contributed by atoms with E-state index in [0.717, 1.165) is 0 Å². The van der Waals surface area contributed by atoms with Crippen LogP contribution in [0.25, 0.3) is 21.9 Å². The summed E-state index contributed by atoms with van der Waals surface area (Å²) in [5.41, 5.74) is 1.15. The van der Waals surface area contributed by atoms with E-state index in [1.807, 2.05) is 12.1 Å². The molecule has 28 heavy (non-hydrogen) atoms. The molecule has 144 valence electrons. The van der Waals surface area contributed by atoms with Crippen LogP contribution in [0.4, 0.5) is 8.78 Å². The van der Waals surface area contributed by atoms with Gasteiger partial charge in [0.2, 0.25) is 5.88 Å². The highest BCUT2D eigenvalue weighted by atomic mass is 19.3. The van der Waals surface area contributed by atoms with Crippen molar-refractivity contribution in [1.29, 1.82) is 5.26 Å². The van der Waals surface area contributed by atoms with Crippen LogP contribution in [0.3, 0.4) is 0 Å². The van der Waals surface area contributed by atoms with E-state index in [-0.39, 0.29) is 23.9 Å². The van der Waals surface area contributed by atoms with Crippen molar-refractivity contribution >= 4 is 10.8 Å². The van der Waals surface area contributed by atoms with Crippen molar-refractivity contribution in [3.05, 3.63) is 54.2 Å². The number of fused-ring (bicyclic) bond motifs is 1. The van der Waals surface area contributed by atoms with Crippen molar-refractivity contribution in [3.63, 3.8) is 0 Å². The molecule has 0 saturated heterocycles. The van der Waals surface area contributed by atoms with Gasteiger partial charge in [0.1, 0.15) is 24.5 Å². The van der Waals surface area contributed by atoms with Crippen LogP contribution in [0.2, 0.25) is 0 Å². The molecule has 1 atom stereocenters. The average Bonchev–Trinajstić information content (AvgIpc) is 2.71. The molecule has 3 rings (SSSR count). The standard InChI is InChI=1S/C20H16F2N2O4/c21-20(22)28-14-6-7-15-16(8-14)18(12-4-2-1-3-5-12)17(9-23)24-19(15)27-11-13(26)10-25/h1-8,13,20,25-26H,10-11H2/t13-/m0/s1. The second-order valence-corrected chi connectivity index (χ2v) is 5.85. The summed E-state index contributed by atoms with van der Waals surface area (Å²) >= 11 is 0. The van der Waals surface area contributed by atoms with Gasteiger partial charge < -0.3 is 19.7 Å². The third-order valence-corrected chi connectivity index (χ3v) is 3.96. The largest absolute Gasteiger partial charge is 0.474 e. The summed E-state index contributed by atoms with van der Waals surface area (Å²) < 4.78 is 35.3. The smallest absolute Gasteiger partial charge is 0.387 e. The Balaban J connectivity index is 2.23. The van der Waals surface area contributed by atoms with Gasteiger partial charge in [-0.25, -0.2) is 4.98 Å². The fourth-order valence-corrected chi connectivity index (χ4v) is 2.75. The molecule has 0 aliphatic rings. The highest BCUT2D eigenvalue weighted by Crippen LogP contribution is 2.37. The Kier molecular flexibility index (Phi) is 5.99. The summed E-state index contributed by atoms with van der Waals surface area (Å²) in [6.45, 7) is -3.74. The van der Waals surface area contributed by atoms with Gasteiger partial charge in [-0.2, -0.15) is 14.0 Å². The quantitative estimate of drug-likeness (QED) is 0.648. The molecule has 0 unspecified atom stereocenters. The van der Waals surface area contributed by atoms with Crippen LogP contribution >= 0.6 is 0 Å². The highest BCUT2D eigenvalue weighted by molar-refractivity contribution is 6.01. The third kappa shape index (κ3) is 4.17. The van der Waals surface area contributed by atoms with E-state index in [2.05, 4.69) is 9.72 Å². The van der Waals surface area contributed by atoms with E-state index in [9.17, 15) is 19.1 Å². The minimum Gasteiger partial charge on any atom is -0.474 e. The summed E-state index contributed by atoms with van der Waals surface area (Å²) in [5.74, 6) is -0.0292. The number of benzene rings is 2. The van der Waals surface area contributed by atoms with Gasteiger partial charge >= 0.3 is 6.61 Å². The van der Waals surface area contributed by atoms with Crippen molar-refractivity contribution in [2.75, 3.05) is 13.2 Å². The van der Waals surface area contributed by atoms with Gasteiger partial charge in [-0.15, -0.1) is 0 Å². The minimum absolute atomic E-state index is 0.0291. The van der Waals surface area contributed by atoms with Crippen LogP contribution < -0.4 is 9.47 Å². The Labute approximate surface area is 159 Å². The van der Waals surface area contributed by atoms with Crippen molar-refractivity contribution in [3.8, 4) is 28.8 Å². The maximum Gasteiger partial charge on any atom is 0.387 e. The van der Waals surface area contributed by atoms with E-state index >= 15 is 0 Å². The lowest BCUT2D eigenvalue weighted by atomic mass is 9.97. The number of alkyl halides is 2. The minimum atomic E-state index is -3.00. The monoisotopic (exact) mass is 386 g/mol. The normalized spacial score (nSPS) is 12.0. The predicted octanol–water partition coefficient (Wildman–Crippen LogP) is 3.11. The van der Waals surface area contributed by atoms with Crippen LogP contribution in [0.5, 0.6) is 11.6 Å². The van der Waals surface area contributed by atoms with Crippen LogP contribution in [0, 0.1) is 11.3 Å². The Morgan fingerprint density at radius 1 is 1.11 bits per heavy atom. The summed E-state index contributed by atoms with van der Waals surface area (Å²) in [6.07, 6.45) is -1.13. The van der Waals surface area contributed by atoms with Crippen LogP contribution in [-0.2, 0) is 0 Å². The lowest BCUT2D eigenvalue weighted by Gasteiger charge is -2.16. The van der Waals surface area contributed by atoms with Crippen molar-refractivity contribution in [2.45, 2.75) is 12.7 Å². The lowest BCUT2D eigenvalue weighted by Crippen LogP contribution is -2.21. The molecule has 0 spiro atoms. The molecule has 0 saturated carbocycles. The summed E-state index contributed by atoms with van der Waals surface area (Å²) in [7, 11) is 0. The molecule has 0 fully saturated rings. The first-order chi connectivity index (χ1) is 13.5. The van der Waals surface area contributed by atoms with Gasteiger partial charge in [0, 0.05) is 16.3 Å². The van der Waals surface area contributed by atoms with Crippen LogP contribution in [0.1, 0.15) is 5.69 Å². The molecule has 0 bridgehead atoms. The second-order valence-electron chi connectivity index (χ2n) is 5.85. The number of rotatable bonds is 7. The predicted molar refractivity (Wildman–Crippen MR) is 97.1 cm³/mol. The lowest BCUT2D eigenvalue weighted by molar-refractivity contribution is -0.0497. The zero-order valence-electron chi connectivity index (χ0n) is 14.5. The van der Waals surface area contributed by atoms with Crippen LogP contribution in [-0.4, -0.2) is 41.1 Å². The number of nitriles is 1. The van der Waals surface area contributed by atoms with Gasteiger partial charge in [0.15, 0.2) is 5.69 Å². The summed E-state index contributed by atoms with van der Waals surface area (Å²) in [5, 5.41) is 28.9. The topological polar surface area (TPSA) is 95.6 Å². The first-order valence-corrected chi connectivity index (χ1v) is 8.33. The van der Waals surface area contributed by atoms with E-state index in [1.54, 1.807) is 24.3 Å². The number of aliphatic hydroxyl groups is 2. The third-order valence-electron chi connectivity index (χ3n) is 3.96. The Morgan fingerprint density at radius 2 is 1.86 bits per heavy atom.